The lowest BCUT2D eigenvalue weighted by molar-refractivity contribution is -0.143. The van der Waals surface area contributed by atoms with Gasteiger partial charge in [0.25, 0.3) is 0 Å². The van der Waals surface area contributed by atoms with Crippen LogP contribution >= 0.6 is 62.3 Å². The second kappa shape index (κ2) is 8.26. The lowest BCUT2D eigenvalue weighted by Crippen LogP contribution is -2.31. The van der Waals surface area contributed by atoms with Gasteiger partial charge in [0.15, 0.2) is 0 Å². The molecule has 0 aliphatic rings. The summed E-state index contributed by atoms with van der Waals surface area (Å²) in [5.41, 5.74) is 0.289. The van der Waals surface area contributed by atoms with Crippen molar-refractivity contribution in [2.24, 2.45) is 0 Å². The van der Waals surface area contributed by atoms with Gasteiger partial charge in [0, 0.05) is 16.0 Å². The van der Waals surface area contributed by atoms with E-state index in [-0.39, 0.29) is 31.6 Å². The Morgan fingerprint density at radius 1 is 1.29 bits per heavy atom. The first-order valence-electron chi connectivity index (χ1n) is 5.97. The summed E-state index contributed by atoms with van der Waals surface area (Å²) in [6.07, 6.45) is 0. The van der Waals surface area contributed by atoms with Crippen molar-refractivity contribution in [1.82, 2.24) is 14.3 Å². The highest BCUT2D eigenvalue weighted by atomic mass is 79.9. The Morgan fingerprint density at radius 3 is 2.46 bits per heavy atom. The average Bonchev–Trinajstić information content (AvgIpc) is 2.87. The van der Waals surface area contributed by atoms with Crippen molar-refractivity contribution in [3.05, 3.63) is 36.7 Å². The van der Waals surface area contributed by atoms with E-state index in [4.69, 9.17) is 39.5 Å². The minimum absolute atomic E-state index is 0.0874. The summed E-state index contributed by atoms with van der Waals surface area (Å²) in [5.74, 6) is -0.827. The van der Waals surface area contributed by atoms with Crippen LogP contribution in [0.1, 0.15) is 5.69 Å². The number of benzene rings is 1. The van der Waals surface area contributed by atoms with Crippen LogP contribution in [0.2, 0.25) is 14.4 Å². The molecule has 1 aromatic carbocycles. The van der Waals surface area contributed by atoms with E-state index >= 15 is 0 Å². The van der Waals surface area contributed by atoms with E-state index in [0.29, 0.717) is 4.47 Å². The number of sulfonamides is 1. The molecule has 0 bridgehead atoms. The summed E-state index contributed by atoms with van der Waals surface area (Å²) < 4.78 is 35.8. The van der Waals surface area contributed by atoms with Gasteiger partial charge in [-0.2, -0.15) is 4.72 Å². The number of esters is 1. The standard InChI is InChI=1S/C11H7BrCl3N3O4S2/c12-5-1-6(13)10(7(14)2-5)24(20,21)16-3-9(19)22-4-8-11(15)23-18-17-8/h1-2,16H,3-4H2. The molecule has 2 aromatic rings. The maximum atomic E-state index is 12.2. The Hall–Kier alpha value is -0.490. The molecular weight excluding hydrogens is 489 g/mol. The number of hydrogen-bond acceptors (Lipinski definition) is 7. The third kappa shape index (κ3) is 5.01. The second-order valence-corrected chi connectivity index (χ2v) is 8.97. The maximum Gasteiger partial charge on any atom is 0.321 e. The fraction of sp³-hybridized carbons (Fsp3) is 0.182. The zero-order chi connectivity index (χ0) is 17.9. The molecule has 0 amide bonds. The normalized spacial score (nSPS) is 11.5. The molecule has 1 heterocycles. The van der Waals surface area contributed by atoms with E-state index in [2.05, 4.69) is 30.2 Å². The molecule has 0 atom stereocenters. The van der Waals surface area contributed by atoms with E-state index < -0.39 is 22.5 Å². The molecule has 7 nitrogen and oxygen atoms in total. The highest BCUT2D eigenvalue weighted by Gasteiger charge is 2.23. The summed E-state index contributed by atoms with van der Waals surface area (Å²) in [7, 11) is -4.10. The summed E-state index contributed by atoms with van der Waals surface area (Å²) in [6, 6.07) is 2.75. The molecule has 0 fully saturated rings. The van der Waals surface area contributed by atoms with Crippen LogP contribution in [-0.4, -0.2) is 30.5 Å². The molecule has 2 rings (SSSR count). The van der Waals surface area contributed by atoms with E-state index in [1.54, 1.807) is 0 Å². The van der Waals surface area contributed by atoms with Gasteiger partial charge in [-0.25, -0.2) is 8.42 Å². The highest BCUT2D eigenvalue weighted by Crippen LogP contribution is 2.32. The first kappa shape index (κ1) is 19.8. The summed E-state index contributed by atoms with van der Waals surface area (Å²) in [4.78, 5) is 11.3. The number of ether oxygens (including phenoxy) is 1. The van der Waals surface area contributed by atoms with Gasteiger partial charge in [-0.1, -0.05) is 55.2 Å². The van der Waals surface area contributed by atoms with Gasteiger partial charge in [0.1, 0.15) is 28.1 Å². The SMILES string of the molecule is O=C(CNS(=O)(=O)c1c(Cl)cc(Br)cc1Cl)OCc1nnsc1Cl. The minimum atomic E-state index is -4.10. The molecule has 0 saturated heterocycles. The fourth-order valence-corrected chi connectivity index (χ4v) is 5.00. The average molecular weight is 496 g/mol. The molecular formula is C11H7BrCl3N3O4S2. The van der Waals surface area contributed by atoms with Crippen molar-refractivity contribution < 1.29 is 17.9 Å². The third-order valence-corrected chi connectivity index (χ3v) is 6.28. The number of aromatic nitrogens is 2. The van der Waals surface area contributed by atoms with Crippen molar-refractivity contribution in [2.75, 3.05) is 6.54 Å². The molecule has 1 N–H and O–H groups in total. The molecule has 0 saturated carbocycles. The Balaban J connectivity index is 2.00. The summed E-state index contributed by atoms with van der Waals surface area (Å²) in [6.45, 7) is -0.823. The maximum absolute atomic E-state index is 12.2. The largest absolute Gasteiger partial charge is 0.458 e. The van der Waals surface area contributed by atoms with Crippen LogP contribution in [0.5, 0.6) is 0 Å². The molecule has 0 spiro atoms. The second-order valence-electron chi connectivity index (χ2n) is 4.18. The molecule has 0 radical (unpaired) electrons. The van der Waals surface area contributed by atoms with Crippen molar-refractivity contribution in [3.63, 3.8) is 0 Å². The monoisotopic (exact) mass is 493 g/mol. The topological polar surface area (TPSA) is 98.2 Å². The number of hydrogen-bond donors (Lipinski definition) is 1. The number of halogens is 4. The summed E-state index contributed by atoms with van der Waals surface area (Å²) >= 11 is 21.6. The van der Waals surface area contributed by atoms with Gasteiger partial charge < -0.3 is 4.74 Å². The van der Waals surface area contributed by atoms with Crippen LogP contribution in [0.4, 0.5) is 0 Å². The third-order valence-electron chi connectivity index (χ3n) is 2.52. The van der Waals surface area contributed by atoms with Crippen LogP contribution in [0.3, 0.4) is 0 Å². The lowest BCUT2D eigenvalue weighted by atomic mass is 10.4. The quantitative estimate of drug-likeness (QED) is 0.618. The van der Waals surface area contributed by atoms with Gasteiger partial charge in [0.05, 0.1) is 10.0 Å². The van der Waals surface area contributed by atoms with E-state index in [1.165, 1.54) is 12.1 Å². The zero-order valence-corrected chi connectivity index (χ0v) is 16.9. The fourth-order valence-electron chi connectivity index (χ4n) is 1.49. The van der Waals surface area contributed by atoms with Crippen LogP contribution in [0.25, 0.3) is 0 Å². The van der Waals surface area contributed by atoms with Crippen molar-refractivity contribution in [1.29, 1.82) is 0 Å². The molecule has 130 valence electrons. The van der Waals surface area contributed by atoms with Gasteiger partial charge in [-0.3, -0.25) is 4.79 Å². The first-order valence-corrected chi connectivity index (χ1v) is 10.2. The smallest absolute Gasteiger partial charge is 0.321 e. The zero-order valence-electron chi connectivity index (χ0n) is 11.4. The molecule has 13 heteroatoms. The number of carbonyl (C=O) groups excluding carboxylic acids is 1. The predicted octanol–water partition coefficient (Wildman–Crippen LogP) is 3.28. The molecule has 0 aliphatic heterocycles. The van der Waals surface area contributed by atoms with Crippen LogP contribution < -0.4 is 4.72 Å². The first-order chi connectivity index (χ1) is 11.2. The lowest BCUT2D eigenvalue weighted by Gasteiger charge is -2.10. The van der Waals surface area contributed by atoms with Gasteiger partial charge >= 0.3 is 5.97 Å². The van der Waals surface area contributed by atoms with E-state index in [9.17, 15) is 13.2 Å². The van der Waals surface area contributed by atoms with E-state index in [1.807, 2.05) is 0 Å². The van der Waals surface area contributed by atoms with Gasteiger partial charge in [-0.05, 0) is 12.1 Å². The van der Waals surface area contributed by atoms with E-state index in [0.717, 1.165) is 11.5 Å². The molecule has 1 aromatic heterocycles. The van der Waals surface area contributed by atoms with Crippen LogP contribution in [0.15, 0.2) is 21.5 Å². The Bertz CT molecular complexity index is 852. The number of carbonyl (C=O) groups is 1. The molecule has 0 unspecified atom stereocenters. The van der Waals surface area contributed by atoms with Crippen molar-refractivity contribution in [2.45, 2.75) is 11.5 Å². The van der Waals surface area contributed by atoms with Crippen LogP contribution in [0, 0.1) is 0 Å². The Kier molecular flexibility index (Phi) is 6.82. The Labute approximate surface area is 164 Å². The Morgan fingerprint density at radius 2 is 1.92 bits per heavy atom. The predicted molar refractivity (Wildman–Crippen MR) is 94.1 cm³/mol. The van der Waals surface area contributed by atoms with Gasteiger partial charge in [-0.15, -0.1) is 5.10 Å². The minimum Gasteiger partial charge on any atom is -0.458 e. The number of nitrogens with zero attached hydrogens (tertiary/aromatic N) is 2. The number of rotatable bonds is 6. The van der Waals surface area contributed by atoms with Crippen molar-refractivity contribution in [3.8, 4) is 0 Å². The number of nitrogens with one attached hydrogen (secondary N) is 1. The van der Waals surface area contributed by atoms with Crippen molar-refractivity contribution >= 4 is 78.3 Å². The highest BCUT2D eigenvalue weighted by molar-refractivity contribution is 9.10. The van der Waals surface area contributed by atoms with Gasteiger partial charge in [0.2, 0.25) is 10.0 Å². The molecule has 0 aliphatic carbocycles. The van der Waals surface area contributed by atoms with Crippen LogP contribution in [-0.2, 0) is 26.2 Å². The molecule has 24 heavy (non-hydrogen) atoms. The summed E-state index contributed by atoms with van der Waals surface area (Å²) in [5, 5.41) is 3.48.